The van der Waals surface area contributed by atoms with Crippen molar-refractivity contribution < 1.29 is 19.1 Å². The molecule has 0 aliphatic rings. The molecule has 2 aromatic rings. The number of rotatable bonds is 10. The molecule has 7 heteroatoms. The molecule has 1 aromatic carbocycles. The smallest absolute Gasteiger partial charge is 0.414 e. The van der Waals surface area contributed by atoms with Crippen LogP contribution in [0.3, 0.4) is 0 Å². The van der Waals surface area contributed by atoms with Crippen molar-refractivity contribution in [3.8, 4) is 6.07 Å². The number of benzene rings is 1. The molecule has 1 amide bonds. The summed E-state index contributed by atoms with van der Waals surface area (Å²) in [6.07, 6.45) is 5.01. The van der Waals surface area contributed by atoms with Gasteiger partial charge in [0.15, 0.2) is 0 Å². The number of nitriles is 1. The van der Waals surface area contributed by atoms with Gasteiger partial charge in [0.25, 0.3) is 0 Å². The maximum absolute atomic E-state index is 12.3. The van der Waals surface area contributed by atoms with Crippen molar-refractivity contribution in [2.75, 3.05) is 25.2 Å². The molecule has 158 valence electrons. The average Bonchev–Trinajstić information content (AvgIpc) is 2.78. The number of hydrogen-bond acceptors (Lipinski definition) is 6. The van der Waals surface area contributed by atoms with E-state index in [1.807, 2.05) is 24.3 Å². The van der Waals surface area contributed by atoms with Gasteiger partial charge in [-0.15, -0.1) is 0 Å². The molecule has 0 N–H and O–H groups in total. The van der Waals surface area contributed by atoms with Crippen LogP contribution in [-0.4, -0.2) is 37.3 Å². The van der Waals surface area contributed by atoms with Gasteiger partial charge < -0.3 is 9.47 Å². The normalized spacial score (nSPS) is 11.2. The van der Waals surface area contributed by atoms with Gasteiger partial charge in [-0.25, -0.2) is 4.79 Å². The lowest BCUT2D eigenvalue weighted by Gasteiger charge is -2.22. The van der Waals surface area contributed by atoms with E-state index < -0.39 is 6.09 Å². The second kappa shape index (κ2) is 12.2. The molecule has 7 nitrogen and oxygen atoms in total. The number of amides is 1. The summed E-state index contributed by atoms with van der Waals surface area (Å²) in [5.74, 6) is -0.522. The maximum Gasteiger partial charge on any atom is 0.414 e. The van der Waals surface area contributed by atoms with E-state index in [9.17, 15) is 14.9 Å². The van der Waals surface area contributed by atoms with Gasteiger partial charge in [-0.2, -0.15) is 5.26 Å². The Hall–Kier alpha value is -3.40. The van der Waals surface area contributed by atoms with Gasteiger partial charge in [0.1, 0.15) is 0 Å². The summed E-state index contributed by atoms with van der Waals surface area (Å²) < 4.78 is 9.81. The Balaban J connectivity index is 1.95. The van der Waals surface area contributed by atoms with Gasteiger partial charge in [-0.3, -0.25) is 14.7 Å². The number of pyridine rings is 1. The van der Waals surface area contributed by atoms with Crippen molar-refractivity contribution >= 4 is 17.7 Å². The van der Waals surface area contributed by atoms with Crippen LogP contribution in [0.25, 0.3) is 0 Å². The number of hydrogen-bond donors (Lipinski definition) is 0. The molecular formula is C23H27N3O4. The van der Waals surface area contributed by atoms with Crippen molar-refractivity contribution in [3.63, 3.8) is 0 Å². The number of ether oxygens (including phenoxy) is 2. The fourth-order valence-corrected chi connectivity index (χ4v) is 3.06. The van der Waals surface area contributed by atoms with E-state index >= 15 is 0 Å². The highest BCUT2D eigenvalue weighted by molar-refractivity contribution is 5.87. The van der Waals surface area contributed by atoms with Crippen LogP contribution >= 0.6 is 0 Å². The monoisotopic (exact) mass is 409 g/mol. The predicted molar refractivity (Wildman–Crippen MR) is 113 cm³/mol. The second-order valence-corrected chi connectivity index (χ2v) is 6.70. The van der Waals surface area contributed by atoms with E-state index in [0.29, 0.717) is 44.5 Å². The van der Waals surface area contributed by atoms with E-state index in [0.717, 1.165) is 11.1 Å². The summed E-state index contributed by atoms with van der Waals surface area (Å²) in [7, 11) is 1.38. The van der Waals surface area contributed by atoms with Gasteiger partial charge in [-0.05, 0) is 49.4 Å². The fourth-order valence-electron chi connectivity index (χ4n) is 3.06. The van der Waals surface area contributed by atoms with Gasteiger partial charge in [-0.1, -0.05) is 24.3 Å². The van der Waals surface area contributed by atoms with Crippen LogP contribution < -0.4 is 4.90 Å². The SMILES string of the molecule is CCOC(=O)N(CCCC(C#N)c1ccc(CCC(=O)OC)cc1)c1cccnc1. The molecule has 0 spiro atoms. The van der Waals surface area contributed by atoms with Crippen LogP contribution in [0.1, 0.15) is 43.2 Å². The third-order valence-corrected chi connectivity index (χ3v) is 4.70. The fraction of sp³-hybridized carbons (Fsp3) is 0.391. The zero-order valence-corrected chi connectivity index (χ0v) is 17.4. The highest BCUT2D eigenvalue weighted by atomic mass is 16.6. The summed E-state index contributed by atoms with van der Waals surface area (Å²) >= 11 is 0. The Kier molecular flexibility index (Phi) is 9.32. The second-order valence-electron chi connectivity index (χ2n) is 6.70. The van der Waals surface area contributed by atoms with Crippen molar-refractivity contribution in [1.82, 2.24) is 4.98 Å². The van der Waals surface area contributed by atoms with Crippen LogP contribution in [0.5, 0.6) is 0 Å². The maximum atomic E-state index is 12.3. The largest absolute Gasteiger partial charge is 0.469 e. The standard InChI is InChI=1S/C23H27N3O4/c1-3-30-23(28)26(21-7-4-14-25-17-21)15-5-6-20(16-24)19-11-8-18(9-12-19)10-13-22(27)29-2/h4,7-9,11-12,14,17,20H,3,5-6,10,13,15H2,1-2H3. The molecule has 2 rings (SSSR count). The number of esters is 1. The molecule has 0 radical (unpaired) electrons. The lowest BCUT2D eigenvalue weighted by molar-refractivity contribution is -0.140. The van der Waals surface area contributed by atoms with Crippen LogP contribution in [0.15, 0.2) is 48.8 Å². The van der Waals surface area contributed by atoms with Crippen molar-refractivity contribution in [2.24, 2.45) is 0 Å². The van der Waals surface area contributed by atoms with Crippen LogP contribution in [0.4, 0.5) is 10.5 Å². The minimum atomic E-state index is -0.422. The summed E-state index contributed by atoms with van der Waals surface area (Å²) in [4.78, 5) is 29.2. The Bertz CT molecular complexity index is 847. The number of aryl methyl sites for hydroxylation is 1. The lowest BCUT2D eigenvalue weighted by atomic mass is 9.94. The Morgan fingerprint density at radius 2 is 2.00 bits per heavy atom. The molecular weight excluding hydrogens is 382 g/mol. The van der Waals surface area contributed by atoms with Crippen molar-refractivity contribution in [1.29, 1.82) is 5.26 Å². The average molecular weight is 409 g/mol. The van der Waals surface area contributed by atoms with Gasteiger partial charge in [0.05, 0.1) is 37.6 Å². The lowest BCUT2D eigenvalue weighted by Crippen LogP contribution is -2.32. The van der Waals surface area contributed by atoms with Gasteiger partial charge in [0, 0.05) is 19.2 Å². The first-order valence-corrected chi connectivity index (χ1v) is 9.98. The zero-order chi connectivity index (χ0) is 21.8. The van der Waals surface area contributed by atoms with Crippen LogP contribution in [0, 0.1) is 11.3 Å². The third kappa shape index (κ3) is 6.89. The summed E-state index contributed by atoms with van der Waals surface area (Å²) in [5, 5.41) is 9.61. The van der Waals surface area contributed by atoms with E-state index in [4.69, 9.17) is 4.74 Å². The number of nitrogens with zero attached hydrogens (tertiary/aromatic N) is 3. The summed E-state index contributed by atoms with van der Waals surface area (Å²) in [6, 6.07) is 13.6. The molecule has 0 aliphatic heterocycles. The van der Waals surface area contributed by atoms with E-state index in [2.05, 4.69) is 15.8 Å². The van der Waals surface area contributed by atoms with E-state index in [1.165, 1.54) is 7.11 Å². The molecule has 1 unspecified atom stereocenters. The van der Waals surface area contributed by atoms with Crippen molar-refractivity contribution in [2.45, 2.75) is 38.5 Å². The molecule has 1 aromatic heterocycles. The van der Waals surface area contributed by atoms with Crippen LogP contribution in [0.2, 0.25) is 0 Å². The number of anilines is 1. The molecule has 30 heavy (non-hydrogen) atoms. The Labute approximate surface area is 177 Å². The highest BCUT2D eigenvalue weighted by Crippen LogP contribution is 2.23. The molecule has 1 atom stereocenters. The first-order valence-electron chi connectivity index (χ1n) is 9.98. The van der Waals surface area contributed by atoms with Crippen LogP contribution in [-0.2, 0) is 20.7 Å². The Morgan fingerprint density at radius 1 is 1.23 bits per heavy atom. The Morgan fingerprint density at radius 3 is 2.60 bits per heavy atom. The summed E-state index contributed by atoms with van der Waals surface area (Å²) in [6.45, 7) is 2.48. The molecule has 0 bridgehead atoms. The number of carbonyl (C=O) groups excluding carboxylic acids is 2. The molecule has 0 fully saturated rings. The molecule has 1 heterocycles. The first kappa shape index (κ1) is 22.9. The number of methoxy groups -OCH3 is 1. The summed E-state index contributed by atoms with van der Waals surface area (Å²) in [5.41, 5.74) is 2.61. The first-order chi connectivity index (χ1) is 14.6. The quantitative estimate of drug-likeness (QED) is 0.545. The minimum Gasteiger partial charge on any atom is -0.469 e. The number of aromatic nitrogens is 1. The molecule has 0 saturated carbocycles. The molecule has 0 aliphatic carbocycles. The van der Waals surface area contributed by atoms with Gasteiger partial charge >= 0.3 is 12.1 Å². The van der Waals surface area contributed by atoms with E-state index in [1.54, 1.807) is 36.4 Å². The topological polar surface area (TPSA) is 92.5 Å². The highest BCUT2D eigenvalue weighted by Gasteiger charge is 2.18. The van der Waals surface area contributed by atoms with Gasteiger partial charge in [0.2, 0.25) is 0 Å². The minimum absolute atomic E-state index is 0.242. The van der Waals surface area contributed by atoms with E-state index in [-0.39, 0.29) is 11.9 Å². The van der Waals surface area contributed by atoms with Crippen molar-refractivity contribution in [3.05, 3.63) is 59.9 Å². The predicted octanol–water partition coefficient (Wildman–Crippen LogP) is 4.24. The zero-order valence-electron chi connectivity index (χ0n) is 17.4. The molecule has 0 saturated heterocycles. The number of carbonyl (C=O) groups is 2. The third-order valence-electron chi connectivity index (χ3n) is 4.70.